The molecule has 0 saturated carbocycles. The number of thioether (sulfide) groups is 1. The Hall–Kier alpha value is -2.06. The van der Waals surface area contributed by atoms with E-state index in [-0.39, 0.29) is 11.1 Å². The van der Waals surface area contributed by atoms with Crippen molar-refractivity contribution in [1.82, 2.24) is 10.3 Å². The van der Waals surface area contributed by atoms with Crippen LogP contribution in [0, 0.1) is 0 Å². The number of carbonyl (C=O) groups excluding carboxylic acids is 1. The predicted octanol–water partition coefficient (Wildman–Crippen LogP) is 2.98. The van der Waals surface area contributed by atoms with Crippen LogP contribution < -0.4 is 5.32 Å². The smallest absolute Gasteiger partial charge is 0.375 e. The SMILES string of the molecule is CSc1ncccc1C(=O)NCC(O)(c1ccccc1)C(F)(F)F. The van der Waals surface area contributed by atoms with E-state index >= 15 is 0 Å². The van der Waals surface area contributed by atoms with Crippen LogP contribution in [0.15, 0.2) is 53.7 Å². The largest absolute Gasteiger partial charge is 0.423 e. The summed E-state index contributed by atoms with van der Waals surface area (Å²) < 4.78 is 40.1. The van der Waals surface area contributed by atoms with E-state index < -0.39 is 24.2 Å². The number of carbonyl (C=O) groups is 1. The number of rotatable bonds is 5. The molecule has 1 amide bonds. The summed E-state index contributed by atoms with van der Waals surface area (Å²) in [6, 6.07) is 9.63. The van der Waals surface area contributed by atoms with Crippen molar-refractivity contribution in [3.63, 3.8) is 0 Å². The summed E-state index contributed by atoms with van der Waals surface area (Å²) in [4.78, 5) is 16.2. The lowest BCUT2D eigenvalue weighted by Gasteiger charge is -2.31. The van der Waals surface area contributed by atoms with E-state index in [9.17, 15) is 23.1 Å². The molecule has 0 fully saturated rings. The Kier molecular flexibility index (Phi) is 5.51. The van der Waals surface area contributed by atoms with Gasteiger partial charge >= 0.3 is 6.18 Å². The molecule has 0 aliphatic carbocycles. The molecule has 24 heavy (non-hydrogen) atoms. The number of nitrogens with one attached hydrogen (secondary N) is 1. The lowest BCUT2D eigenvalue weighted by atomic mass is 9.93. The van der Waals surface area contributed by atoms with Crippen LogP contribution in [0.1, 0.15) is 15.9 Å². The zero-order valence-electron chi connectivity index (χ0n) is 12.7. The number of nitrogens with zero attached hydrogens (tertiary/aromatic N) is 1. The van der Waals surface area contributed by atoms with Crippen LogP contribution in [0.5, 0.6) is 0 Å². The van der Waals surface area contributed by atoms with Gasteiger partial charge in [0.2, 0.25) is 5.60 Å². The van der Waals surface area contributed by atoms with Gasteiger partial charge in [-0.05, 0) is 24.0 Å². The molecule has 1 heterocycles. The van der Waals surface area contributed by atoms with Gasteiger partial charge in [0.05, 0.1) is 12.1 Å². The molecule has 2 aromatic rings. The van der Waals surface area contributed by atoms with Crippen LogP contribution in [-0.4, -0.2) is 35.0 Å². The third-order valence-corrected chi connectivity index (χ3v) is 4.15. The fourth-order valence-electron chi connectivity index (χ4n) is 2.11. The highest BCUT2D eigenvalue weighted by molar-refractivity contribution is 7.98. The molecule has 0 radical (unpaired) electrons. The second-order valence-corrected chi connectivity index (χ2v) is 5.76. The highest BCUT2D eigenvalue weighted by atomic mass is 32.2. The fraction of sp³-hybridized carbons (Fsp3) is 0.250. The summed E-state index contributed by atoms with van der Waals surface area (Å²) in [6.07, 6.45) is -1.76. The molecule has 0 spiro atoms. The Balaban J connectivity index is 2.25. The van der Waals surface area contributed by atoms with Crippen molar-refractivity contribution in [2.45, 2.75) is 16.8 Å². The first-order chi connectivity index (χ1) is 11.3. The first kappa shape index (κ1) is 18.3. The predicted molar refractivity (Wildman–Crippen MR) is 84.7 cm³/mol. The first-order valence-electron chi connectivity index (χ1n) is 6.91. The second kappa shape index (κ2) is 7.23. The van der Waals surface area contributed by atoms with Gasteiger partial charge in [-0.2, -0.15) is 13.2 Å². The molecule has 128 valence electrons. The van der Waals surface area contributed by atoms with Gasteiger partial charge in [0.15, 0.2) is 0 Å². The topological polar surface area (TPSA) is 62.2 Å². The number of halogens is 3. The van der Waals surface area contributed by atoms with E-state index in [0.29, 0.717) is 5.03 Å². The molecule has 2 rings (SSSR count). The minimum atomic E-state index is -4.95. The maximum absolute atomic E-state index is 13.4. The Labute approximate surface area is 141 Å². The highest BCUT2D eigenvalue weighted by Gasteiger charge is 2.55. The zero-order chi connectivity index (χ0) is 17.8. The van der Waals surface area contributed by atoms with Crippen molar-refractivity contribution in [3.8, 4) is 0 Å². The van der Waals surface area contributed by atoms with Crippen LogP contribution in [0.4, 0.5) is 13.2 Å². The number of benzene rings is 1. The van der Waals surface area contributed by atoms with Crippen LogP contribution in [-0.2, 0) is 5.60 Å². The number of aromatic nitrogens is 1. The summed E-state index contributed by atoms with van der Waals surface area (Å²) in [5.74, 6) is -0.731. The van der Waals surface area contributed by atoms with Crippen molar-refractivity contribution < 1.29 is 23.1 Å². The van der Waals surface area contributed by atoms with E-state index in [0.717, 1.165) is 12.1 Å². The monoisotopic (exact) mass is 356 g/mol. The number of pyridine rings is 1. The second-order valence-electron chi connectivity index (χ2n) is 4.97. The summed E-state index contributed by atoms with van der Waals surface area (Å²) in [6.45, 7) is -0.998. The van der Waals surface area contributed by atoms with Crippen LogP contribution in [0.25, 0.3) is 0 Å². The van der Waals surface area contributed by atoms with E-state index in [4.69, 9.17) is 0 Å². The van der Waals surface area contributed by atoms with Crippen molar-refractivity contribution >= 4 is 17.7 Å². The molecular formula is C16H15F3N2O2S. The lowest BCUT2D eigenvalue weighted by molar-refractivity contribution is -0.263. The molecule has 4 nitrogen and oxygen atoms in total. The molecule has 8 heteroatoms. The number of hydrogen-bond donors (Lipinski definition) is 2. The quantitative estimate of drug-likeness (QED) is 0.809. The summed E-state index contributed by atoms with van der Waals surface area (Å²) in [7, 11) is 0. The third kappa shape index (κ3) is 3.70. The molecule has 1 aromatic heterocycles. The Bertz CT molecular complexity index is 710. The first-order valence-corrected chi connectivity index (χ1v) is 8.14. The van der Waals surface area contributed by atoms with E-state index in [2.05, 4.69) is 10.3 Å². The van der Waals surface area contributed by atoms with Gasteiger partial charge < -0.3 is 10.4 Å². The standard InChI is InChI=1S/C16H15F3N2O2S/c1-24-14-12(8-5-9-20-14)13(22)21-10-15(23,16(17,18)19)11-6-3-2-4-7-11/h2-9,23H,10H2,1H3,(H,21,22). The van der Waals surface area contributed by atoms with Crippen molar-refractivity contribution in [2.75, 3.05) is 12.8 Å². The van der Waals surface area contributed by atoms with Crippen LogP contribution >= 0.6 is 11.8 Å². The van der Waals surface area contributed by atoms with Crippen molar-refractivity contribution in [3.05, 3.63) is 59.8 Å². The summed E-state index contributed by atoms with van der Waals surface area (Å²) in [5.41, 5.74) is -3.36. The van der Waals surface area contributed by atoms with Crippen LogP contribution in [0.2, 0.25) is 0 Å². The third-order valence-electron chi connectivity index (χ3n) is 3.43. The van der Waals surface area contributed by atoms with Gasteiger partial charge in [-0.25, -0.2) is 4.98 Å². The number of alkyl halides is 3. The number of aliphatic hydroxyl groups is 1. The Morgan fingerprint density at radius 3 is 2.46 bits per heavy atom. The van der Waals surface area contributed by atoms with Gasteiger partial charge in [-0.3, -0.25) is 4.79 Å². The maximum Gasteiger partial charge on any atom is 0.423 e. The van der Waals surface area contributed by atoms with Gasteiger partial charge in [0, 0.05) is 6.20 Å². The number of hydrogen-bond acceptors (Lipinski definition) is 4. The minimum absolute atomic E-state index is 0.155. The molecular weight excluding hydrogens is 341 g/mol. The molecule has 2 N–H and O–H groups in total. The van der Waals surface area contributed by atoms with Gasteiger partial charge in [-0.15, -0.1) is 11.8 Å². The Morgan fingerprint density at radius 1 is 1.21 bits per heavy atom. The average molecular weight is 356 g/mol. The van der Waals surface area contributed by atoms with Crippen LogP contribution in [0.3, 0.4) is 0 Å². The molecule has 0 aliphatic rings. The molecule has 1 unspecified atom stereocenters. The van der Waals surface area contributed by atoms with E-state index in [1.807, 2.05) is 0 Å². The summed E-state index contributed by atoms with van der Waals surface area (Å²) in [5, 5.41) is 12.7. The summed E-state index contributed by atoms with van der Waals surface area (Å²) >= 11 is 1.20. The van der Waals surface area contributed by atoms with E-state index in [1.54, 1.807) is 12.3 Å². The number of amides is 1. The van der Waals surface area contributed by atoms with E-state index in [1.165, 1.54) is 42.2 Å². The maximum atomic E-state index is 13.4. The van der Waals surface area contributed by atoms with Gasteiger partial charge in [-0.1, -0.05) is 30.3 Å². The average Bonchev–Trinajstić information content (AvgIpc) is 2.59. The van der Waals surface area contributed by atoms with Crippen molar-refractivity contribution in [2.24, 2.45) is 0 Å². The molecule has 1 aromatic carbocycles. The molecule has 1 atom stereocenters. The van der Waals surface area contributed by atoms with Crippen molar-refractivity contribution in [1.29, 1.82) is 0 Å². The zero-order valence-corrected chi connectivity index (χ0v) is 13.5. The normalized spacial score (nSPS) is 14.0. The molecule has 0 bridgehead atoms. The lowest BCUT2D eigenvalue weighted by Crippen LogP contribution is -2.51. The Morgan fingerprint density at radius 2 is 1.88 bits per heavy atom. The van der Waals surface area contributed by atoms with Gasteiger partial charge in [0.1, 0.15) is 5.03 Å². The van der Waals surface area contributed by atoms with Gasteiger partial charge in [0.25, 0.3) is 5.91 Å². The highest BCUT2D eigenvalue weighted by Crippen LogP contribution is 2.38. The minimum Gasteiger partial charge on any atom is -0.375 e. The molecule has 0 saturated heterocycles. The molecule has 0 aliphatic heterocycles. The fourth-order valence-corrected chi connectivity index (χ4v) is 2.66.